The van der Waals surface area contributed by atoms with E-state index in [4.69, 9.17) is 14.2 Å². The van der Waals surface area contributed by atoms with Gasteiger partial charge in [-0.2, -0.15) is 0 Å². The second-order valence-corrected chi connectivity index (χ2v) is 9.24. The third-order valence-electron chi connectivity index (χ3n) is 7.79. The van der Waals surface area contributed by atoms with Gasteiger partial charge in [0.25, 0.3) is 0 Å². The number of benzene rings is 2. The number of piperidine rings is 1. The zero-order valence-corrected chi connectivity index (χ0v) is 18.6. The summed E-state index contributed by atoms with van der Waals surface area (Å²) in [6.07, 6.45) is 7.16. The summed E-state index contributed by atoms with van der Waals surface area (Å²) in [5, 5.41) is 0. The number of likely N-dealkylation sites (tertiary alicyclic amines) is 1. The van der Waals surface area contributed by atoms with Crippen LogP contribution in [0, 0.1) is 0 Å². The zero-order chi connectivity index (χ0) is 22.8. The van der Waals surface area contributed by atoms with Gasteiger partial charge in [0.2, 0.25) is 0 Å². The Bertz CT molecular complexity index is 1220. The Morgan fingerprint density at radius 2 is 2.03 bits per heavy atom. The molecule has 2 aromatic rings. The second kappa shape index (κ2) is 7.06. The molecule has 2 bridgehead atoms. The number of carbonyl (C=O) groups excluding carboxylic acids is 2. The Balaban J connectivity index is 1.50. The molecule has 4 atom stereocenters. The third kappa shape index (κ3) is 2.58. The summed E-state index contributed by atoms with van der Waals surface area (Å²) in [4.78, 5) is 28.6. The summed E-state index contributed by atoms with van der Waals surface area (Å²) < 4.78 is 18.3. The van der Waals surface area contributed by atoms with Crippen molar-refractivity contribution >= 4 is 17.8 Å². The van der Waals surface area contributed by atoms with Gasteiger partial charge in [0.1, 0.15) is 0 Å². The van der Waals surface area contributed by atoms with Gasteiger partial charge in [0.15, 0.2) is 29.0 Å². The minimum Gasteiger partial charge on any atom is -0.493 e. The van der Waals surface area contributed by atoms with Crippen molar-refractivity contribution in [2.45, 2.75) is 36.0 Å². The molecule has 2 aromatic carbocycles. The molecular weight excluding hydrogens is 418 g/mol. The van der Waals surface area contributed by atoms with E-state index in [0.717, 1.165) is 23.2 Å². The molecule has 6 heteroatoms. The number of methoxy groups -OCH3 is 1. The van der Waals surface area contributed by atoms with E-state index in [1.54, 1.807) is 13.2 Å². The predicted octanol–water partition coefficient (Wildman–Crippen LogP) is 3.09. The van der Waals surface area contributed by atoms with Crippen molar-refractivity contribution < 1.29 is 23.8 Å². The van der Waals surface area contributed by atoms with Crippen LogP contribution in [0.1, 0.15) is 23.1 Å². The lowest BCUT2D eigenvalue weighted by atomic mass is 9.50. The fourth-order valence-corrected chi connectivity index (χ4v) is 6.37. The van der Waals surface area contributed by atoms with Gasteiger partial charge in [-0.1, -0.05) is 36.4 Å². The number of carbonyl (C=O) groups is 2. The Morgan fingerprint density at radius 3 is 2.82 bits per heavy atom. The number of ether oxygens (including phenoxy) is 3. The molecule has 2 heterocycles. The first-order valence-electron chi connectivity index (χ1n) is 11.3. The van der Waals surface area contributed by atoms with Crippen molar-refractivity contribution in [1.82, 2.24) is 4.90 Å². The van der Waals surface area contributed by atoms with Crippen molar-refractivity contribution in [2.24, 2.45) is 0 Å². The Hall–Kier alpha value is -3.38. The molecule has 168 valence electrons. The molecule has 6 rings (SSSR count). The van der Waals surface area contributed by atoms with Crippen LogP contribution < -0.4 is 9.47 Å². The molecule has 0 saturated carbocycles. The van der Waals surface area contributed by atoms with Crippen LogP contribution in [-0.2, 0) is 26.2 Å². The van der Waals surface area contributed by atoms with E-state index in [2.05, 4.69) is 18.0 Å². The van der Waals surface area contributed by atoms with E-state index in [-0.39, 0.29) is 11.8 Å². The van der Waals surface area contributed by atoms with Crippen LogP contribution in [-0.4, -0.2) is 55.1 Å². The maximum Gasteiger partial charge on any atom is 0.331 e. The Kier molecular flexibility index (Phi) is 4.33. The molecular formula is C27H25NO5. The van der Waals surface area contributed by atoms with E-state index in [9.17, 15) is 9.59 Å². The van der Waals surface area contributed by atoms with E-state index < -0.39 is 23.1 Å². The minimum absolute atomic E-state index is 0.101. The van der Waals surface area contributed by atoms with Crippen molar-refractivity contribution in [3.63, 3.8) is 0 Å². The fourth-order valence-electron chi connectivity index (χ4n) is 6.37. The molecule has 4 unspecified atom stereocenters. The van der Waals surface area contributed by atoms with E-state index >= 15 is 0 Å². The normalized spacial score (nSPS) is 31.3. The lowest BCUT2D eigenvalue weighted by molar-refractivity contribution is -0.185. The average Bonchev–Trinajstić information content (AvgIpc) is 3.19. The van der Waals surface area contributed by atoms with Crippen LogP contribution in [0.25, 0.3) is 6.08 Å². The summed E-state index contributed by atoms with van der Waals surface area (Å²) in [5.74, 6) is 0.680. The highest BCUT2D eigenvalue weighted by Crippen LogP contribution is 2.64. The number of ketones is 1. The van der Waals surface area contributed by atoms with Crippen molar-refractivity contribution in [2.75, 3.05) is 20.7 Å². The van der Waals surface area contributed by atoms with Gasteiger partial charge in [-0.3, -0.25) is 9.69 Å². The maximum absolute atomic E-state index is 13.2. The molecule has 1 spiro atoms. The smallest absolute Gasteiger partial charge is 0.331 e. The average molecular weight is 443 g/mol. The van der Waals surface area contributed by atoms with Gasteiger partial charge < -0.3 is 14.2 Å². The van der Waals surface area contributed by atoms with Crippen LogP contribution >= 0.6 is 0 Å². The van der Waals surface area contributed by atoms with Crippen LogP contribution in [0.4, 0.5) is 0 Å². The lowest BCUT2D eigenvalue weighted by Crippen LogP contribution is -2.75. The highest BCUT2D eigenvalue weighted by atomic mass is 16.6. The summed E-state index contributed by atoms with van der Waals surface area (Å²) in [7, 11) is 3.65. The number of esters is 1. The number of nitrogens with zero attached hydrogens (tertiary/aromatic N) is 1. The molecule has 2 aliphatic heterocycles. The molecule has 2 aliphatic carbocycles. The van der Waals surface area contributed by atoms with Crippen LogP contribution in [0.15, 0.2) is 60.7 Å². The first-order chi connectivity index (χ1) is 16.0. The molecule has 1 saturated heterocycles. The predicted molar refractivity (Wildman–Crippen MR) is 122 cm³/mol. The number of hydrogen-bond acceptors (Lipinski definition) is 6. The van der Waals surface area contributed by atoms with E-state index in [1.165, 1.54) is 12.2 Å². The first-order valence-corrected chi connectivity index (χ1v) is 11.3. The van der Waals surface area contributed by atoms with Gasteiger partial charge in [0, 0.05) is 11.6 Å². The number of likely N-dealkylation sites (N-methyl/N-ethyl adjacent to an activating group) is 1. The highest BCUT2D eigenvalue weighted by Gasteiger charge is 2.74. The maximum atomic E-state index is 13.2. The monoisotopic (exact) mass is 443 g/mol. The van der Waals surface area contributed by atoms with Gasteiger partial charge in [-0.05, 0) is 61.9 Å². The topological polar surface area (TPSA) is 65.1 Å². The largest absolute Gasteiger partial charge is 0.493 e. The van der Waals surface area contributed by atoms with E-state index in [0.29, 0.717) is 24.3 Å². The van der Waals surface area contributed by atoms with Crippen molar-refractivity contribution in [1.29, 1.82) is 0 Å². The molecule has 0 amide bonds. The minimum atomic E-state index is -1.01. The van der Waals surface area contributed by atoms with E-state index in [1.807, 2.05) is 42.5 Å². The van der Waals surface area contributed by atoms with Crippen molar-refractivity contribution in [3.05, 3.63) is 77.4 Å². The summed E-state index contributed by atoms with van der Waals surface area (Å²) in [6.45, 7) is 0.779. The standard InChI is InChI=1S/C27H25NO5/c1-28-15-14-26-23-18-9-10-20(31-2)24(23)32-25(26)19(29)12-13-27(26,21(28)16-18)33-22(30)11-8-17-6-4-3-5-7-17/h3-13,21,25H,14-16H2,1-2H3. The Morgan fingerprint density at radius 1 is 1.21 bits per heavy atom. The fraction of sp³-hybridized carbons (Fsp3) is 0.333. The SMILES string of the molecule is COc1ccc2c3c1OC1C(=O)C=CC4(OC(=O)C=Cc5ccccc5)C(C2)N(C)CCC314. The third-order valence-corrected chi connectivity index (χ3v) is 7.79. The Labute approximate surface area is 192 Å². The quantitative estimate of drug-likeness (QED) is 0.535. The first kappa shape index (κ1) is 20.2. The summed E-state index contributed by atoms with van der Waals surface area (Å²) in [5.41, 5.74) is 1.22. The molecule has 33 heavy (non-hydrogen) atoms. The van der Waals surface area contributed by atoms with Gasteiger partial charge in [0.05, 0.1) is 18.6 Å². The number of hydrogen-bond donors (Lipinski definition) is 0. The summed E-state index contributed by atoms with van der Waals surface area (Å²) >= 11 is 0. The van der Waals surface area contributed by atoms with Crippen LogP contribution in [0.3, 0.4) is 0 Å². The molecule has 6 nitrogen and oxygen atoms in total. The second-order valence-electron chi connectivity index (χ2n) is 9.24. The van der Waals surface area contributed by atoms with Crippen LogP contribution in [0.5, 0.6) is 11.5 Å². The van der Waals surface area contributed by atoms with Crippen LogP contribution in [0.2, 0.25) is 0 Å². The van der Waals surface area contributed by atoms with Gasteiger partial charge >= 0.3 is 5.97 Å². The molecule has 0 N–H and O–H groups in total. The zero-order valence-electron chi connectivity index (χ0n) is 18.6. The molecule has 0 aromatic heterocycles. The molecule has 0 radical (unpaired) electrons. The van der Waals surface area contributed by atoms with Gasteiger partial charge in [-0.25, -0.2) is 4.79 Å². The number of rotatable bonds is 4. The van der Waals surface area contributed by atoms with Gasteiger partial charge in [-0.15, -0.1) is 0 Å². The van der Waals surface area contributed by atoms with Crippen molar-refractivity contribution in [3.8, 4) is 11.5 Å². The summed E-state index contributed by atoms with van der Waals surface area (Å²) in [6, 6.07) is 13.5. The molecule has 4 aliphatic rings. The highest BCUT2D eigenvalue weighted by molar-refractivity contribution is 5.99. The molecule has 1 fully saturated rings. The lowest BCUT2D eigenvalue weighted by Gasteiger charge is -2.61.